The van der Waals surface area contributed by atoms with Gasteiger partial charge in [0.15, 0.2) is 5.82 Å². The number of aromatic nitrogens is 4. The van der Waals surface area contributed by atoms with Crippen LogP contribution < -0.4 is 5.69 Å². The first-order valence-electron chi connectivity index (χ1n) is 13.0. The molecule has 6 nitrogen and oxygen atoms in total. The molecule has 3 aromatic heterocycles. The Morgan fingerprint density at radius 2 is 1.35 bits per heavy atom. The molecule has 0 N–H and O–H groups in total. The zero-order chi connectivity index (χ0) is 26.6. The Bertz CT molecular complexity index is 2290. The van der Waals surface area contributed by atoms with Crippen molar-refractivity contribution in [3.8, 4) is 33.6 Å². The fraction of sp³-hybridized carbons (Fsp3) is 0. The molecule has 0 aliphatic rings. The second-order valence-corrected chi connectivity index (χ2v) is 9.72. The maximum absolute atomic E-state index is 13.2. The van der Waals surface area contributed by atoms with Crippen LogP contribution in [0.2, 0.25) is 0 Å². The molecule has 0 aliphatic heterocycles. The van der Waals surface area contributed by atoms with Gasteiger partial charge in [0, 0.05) is 27.9 Å². The van der Waals surface area contributed by atoms with E-state index in [-0.39, 0.29) is 0 Å². The quantitative estimate of drug-likeness (QED) is 0.227. The van der Waals surface area contributed by atoms with E-state index in [2.05, 4.69) is 58.5 Å². The lowest BCUT2D eigenvalue weighted by Gasteiger charge is -2.07. The highest BCUT2D eigenvalue weighted by Crippen LogP contribution is 2.37. The Kier molecular flexibility index (Phi) is 4.87. The highest BCUT2D eigenvalue weighted by molar-refractivity contribution is 6.12. The minimum absolute atomic E-state index is 0.303. The first kappa shape index (κ1) is 22.4. The molecule has 0 saturated carbocycles. The summed E-state index contributed by atoms with van der Waals surface area (Å²) in [6.07, 6.45) is 1.73. The highest BCUT2D eigenvalue weighted by atomic mass is 16.3. The molecule has 8 rings (SSSR count). The van der Waals surface area contributed by atoms with Gasteiger partial charge in [-0.05, 0) is 46.5 Å². The van der Waals surface area contributed by atoms with Gasteiger partial charge in [-0.15, -0.1) is 0 Å². The summed E-state index contributed by atoms with van der Waals surface area (Å²) in [5.41, 5.74) is 7.01. The molecule has 0 aliphatic carbocycles. The van der Waals surface area contributed by atoms with Crippen LogP contribution in [0.5, 0.6) is 0 Å². The fourth-order valence-electron chi connectivity index (χ4n) is 5.42. The highest BCUT2D eigenvalue weighted by Gasteiger charge is 2.17. The SMILES string of the molecule is O=c1nc(-c2cccc3oc4ccc(-c5ccc(-c6ccccc6)cc5)cc4c23)nc2ncc3ccccc3n12. The zero-order valence-corrected chi connectivity index (χ0v) is 21.2. The predicted octanol–water partition coefficient (Wildman–Crippen LogP) is 7.54. The molecule has 40 heavy (non-hydrogen) atoms. The number of nitrogens with zero attached hydrogens (tertiary/aromatic N) is 4. The lowest BCUT2D eigenvalue weighted by Crippen LogP contribution is -2.20. The Morgan fingerprint density at radius 3 is 2.20 bits per heavy atom. The van der Waals surface area contributed by atoms with E-state index >= 15 is 0 Å². The van der Waals surface area contributed by atoms with E-state index in [0.717, 1.165) is 43.9 Å². The summed E-state index contributed by atoms with van der Waals surface area (Å²) < 4.78 is 7.65. The van der Waals surface area contributed by atoms with Gasteiger partial charge >= 0.3 is 5.69 Å². The molecule has 0 atom stereocenters. The minimum atomic E-state index is -0.423. The number of benzene rings is 5. The van der Waals surface area contributed by atoms with E-state index < -0.39 is 5.69 Å². The van der Waals surface area contributed by atoms with Crippen molar-refractivity contribution in [2.45, 2.75) is 0 Å². The van der Waals surface area contributed by atoms with E-state index in [9.17, 15) is 4.79 Å². The van der Waals surface area contributed by atoms with Crippen LogP contribution in [0.15, 0.2) is 131 Å². The topological polar surface area (TPSA) is 73.3 Å². The van der Waals surface area contributed by atoms with Gasteiger partial charge in [0.2, 0.25) is 5.78 Å². The average molecular weight is 517 g/mol. The van der Waals surface area contributed by atoms with E-state index in [4.69, 9.17) is 9.40 Å². The van der Waals surface area contributed by atoms with Crippen LogP contribution in [0.3, 0.4) is 0 Å². The molecule has 5 aromatic carbocycles. The molecule has 0 amide bonds. The van der Waals surface area contributed by atoms with Gasteiger partial charge < -0.3 is 4.42 Å². The largest absolute Gasteiger partial charge is 0.456 e. The van der Waals surface area contributed by atoms with Crippen LogP contribution in [0.4, 0.5) is 0 Å². The van der Waals surface area contributed by atoms with E-state index in [1.807, 2.05) is 66.7 Å². The van der Waals surface area contributed by atoms with Crippen LogP contribution in [-0.2, 0) is 0 Å². The molecule has 0 spiro atoms. The van der Waals surface area contributed by atoms with Gasteiger partial charge in [-0.3, -0.25) is 0 Å². The van der Waals surface area contributed by atoms with Crippen LogP contribution in [0.25, 0.3) is 72.3 Å². The summed E-state index contributed by atoms with van der Waals surface area (Å²) in [6.45, 7) is 0. The molecule has 8 aromatic rings. The van der Waals surface area contributed by atoms with Gasteiger partial charge in [-0.25, -0.2) is 14.2 Å². The molecular weight excluding hydrogens is 496 g/mol. The van der Waals surface area contributed by atoms with Crippen LogP contribution in [0.1, 0.15) is 0 Å². The van der Waals surface area contributed by atoms with Crippen molar-refractivity contribution in [3.05, 3.63) is 132 Å². The third-order valence-electron chi connectivity index (χ3n) is 7.36. The molecule has 0 fully saturated rings. The lowest BCUT2D eigenvalue weighted by atomic mass is 9.98. The summed E-state index contributed by atoms with van der Waals surface area (Å²) in [5, 5.41) is 2.65. The normalized spacial score (nSPS) is 11.6. The maximum Gasteiger partial charge on any atom is 0.357 e. The minimum Gasteiger partial charge on any atom is -0.456 e. The van der Waals surface area contributed by atoms with Crippen molar-refractivity contribution < 1.29 is 4.42 Å². The fourth-order valence-corrected chi connectivity index (χ4v) is 5.42. The van der Waals surface area contributed by atoms with E-state index in [1.54, 1.807) is 6.20 Å². The number of fused-ring (bicyclic) bond motifs is 6. The lowest BCUT2D eigenvalue weighted by molar-refractivity contribution is 0.669. The molecule has 0 saturated heterocycles. The Hall–Kier alpha value is -5.62. The molecule has 0 radical (unpaired) electrons. The molecule has 6 heteroatoms. The molecule has 0 unspecified atom stereocenters. The van der Waals surface area contributed by atoms with Crippen LogP contribution >= 0.6 is 0 Å². The first-order valence-corrected chi connectivity index (χ1v) is 13.0. The van der Waals surface area contributed by atoms with Gasteiger partial charge in [0.05, 0.1) is 5.52 Å². The molecule has 188 valence electrons. The van der Waals surface area contributed by atoms with Gasteiger partial charge in [0.25, 0.3) is 0 Å². The third-order valence-corrected chi connectivity index (χ3v) is 7.36. The molecule has 3 heterocycles. The van der Waals surface area contributed by atoms with Crippen molar-refractivity contribution in [2.75, 3.05) is 0 Å². The predicted molar refractivity (Wildman–Crippen MR) is 158 cm³/mol. The van der Waals surface area contributed by atoms with Crippen LogP contribution in [0, 0.1) is 0 Å². The number of hydrogen-bond donors (Lipinski definition) is 0. The number of furan rings is 1. The van der Waals surface area contributed by atoms with Gasteiger partial charge in [0.1, 0.15) is 11.2 Å². The maximum atomic E-state index is 13.2. The smallest absolute Gasteiger partial charge is 0.357 e. The monoisotopic (exact) mass is 516 g/mol. The van der Waals surface area contributed by atoms with Gasteiger partial charge in [-0.2, -0.15) is 9.97 Å². The summed E-state index contributed by atoms with van der Waals surface area (Å²) in [6, 6.07) is 38.4. The van der Waals surface area contributed by atoms with Crippen molar-refractivity contribution in [2.24, 2.45) is 0 Å². The third kappa shape index (κ3) is 3.50. The van der Waals surface area contributed by atoms with Crippen molar-refractivity contribution in [1.82, 2.24) is 19.4 Å². The first-order chi connectivity index (χ1) is 19.7. The van der Waals surface area contributed by atoms with E-state index in [1.165, 1.54) is 15.5 Å². The molecule has 0 bridgehead atoms. The number of hydrogen-bond acceptors (Lipinski definition) is 5. The second kappa shape index (κ2) is 8.71. The average Bonchev–Trinajstić information content (AvgIpc) is 3.39. The summed E-state index contributed by atoms with van der Waals surface area (Å²) >= 11 is 0. The summed E-state index contributed by atoms with van der Waals surface area (Å²) in [7, 11) is 0. The molecular formula is C34H20N4O2. The standard InChI is InChI=1S/C34H20N4O2/c39-34-37-32(36-33-35-20-25-9-4-5-11-28(25)38(33)34)26-10-6-12-30-31(26)27-19-24(17-18-29(27)40-30)23-15-13-22(14-16-23)21-7-2-1-3-8-21/h1-20H. The zero-order valence-electron chi connectivity index (χ0n) is 21.2. The van der Waals surface area contributed by atoms with E-state index in [0.29, 0.717) is 17.2 Å². The van der Waals surface area contributed by atoms with Crippen LogP contribution in [-0.4, -0.2) is 19.4 Å². The Balaban J connectivity index is 1.29. The van der Waals surface area contributed by atoms with Crippen molar-refractivity contribution in [3.63, 3.8) is 0 Å². The van der Waals surface area contributed by atoms with Crippen molar-refractivity contribution in [1.29, 1.82) is 0 Å². The Morgan fingerprint density at radius 1 is 0.625 bits per heavy atom. The summed E-state index contributed by atoms with van der Waals surface area (Å²) in [5.74, 6) is 0.622. The number of rotatable bonds is 3. The summed E-state index contributed by atoms with van der Waals surface area (Å²) in [4.78, 5) is 26.8. The second-order valence-electron chi connectivity index (χ2n) is 9.72. The van der Waals surface area contributed by atoms with Crippen molar-refractivity contribution >= 4 is 38.6 Å². The number of para-hydroxylation sites is 1. The Labute approximate surface area is 227 Å². The van der Waals surface area contributed by atoms with Gasteiger partial charge in [-0.1, -0.05) is 91.0 Å².